The first-order valence-corrected chi connectivity index (χ1v) is 11.5. The number of alkyl halides is 1. The minimum atomic E-state index is -1.60. The van der Waals surface area contributed by atoms with Gasteiger partial charge in [-0.2, -0.15) is 10.5 Å². The molecule has 2 atom stereocenters. The molecule has 0 aliphatic carbocycles. The van der Waals surface area contributed by atoms with Crippen molar-refractivity contribution in [1.29, 1.82) is 10.5 Å². The number of nitriles is 2. The van der Waals surface area contributed by atoms with E-state index in [1.807, 2.05) is 48.5 Å². The third-order valence-corrected chi connectivity index (χ3v) is 6.69. The van der Waals surface area contributed by atoms with Gasteiger partial charge in [0.1, 0.15) is 11.5 Å². The van der Waals surface area contributed by atoms with Crippen molar-refractivity contribution in [2.75, 3.05) is 13.1 Å². The van der Waals surface area contributed by atoms with Gasteiger partial charge in [0.2, 0.25) is 0 Å². The van der Waals surface area contributed by atoms with E-state index in [1.165, 1.54) is 19.9 Å². The number of hydrogen-bond acceptors (Lipinski definition) is 3. The van der Waals surface area contributed by atoms with Crippen LogP contribution in [0.25, 0.3) is 0 Å². The molecule has 0 spiro atoms. The van der Waals surface area contributed by atoms with Crippen LogP contribution in [-0.4, -0.2) is 23.7 Å². The van der Waals surface area contributed by atoms with Crippen molar-refractivity contribution >= 4 is 11.6 Å². The standard InChI is InChI=1S/C28H24ClF2N3/c1-28(2,31)26(22-11-19(15-33)12-25(30)13-22)23-16-34(17-23)27(20-6-8-24(29)9-7-20)21-5-3-4-18(10-21)14-32/h3-13,23,26-27H,16-17H2,1-2H3. The van der Waals surface area contributed by atoms with Gasteiger partial charge in [0.15, 0.2) is 0 Å². The number of nitrogens with zero attached hydrogens (tertiary/aromatic N) is 3. The molecule has 1 heterocycles. The summed E-state index contributed by atoms with van der Waals surface area (Å²) >= 11 is 6.11. The third-order valence-electron chi connectivity index (χ3n) is 6.44. The summed E-state index contributed by atoms with van der Waals surface area (Å²) in [5.74, 6) is -1.17. The molecule has 3 nitrogen and oxygen atoms in total. The topological polar surface area (TPSA) is 50.8 Å². The maximum atomic E-state index is 15.4. The van der Waals surface area contributed by atoms with E-state index < -0.39 is 17.4 Å². The minimum absolute atomic E-state index is 0.0673. The van der Waals surface area contributed by atoms with E-state index in [0.717, 1.165) is 17.2 Å². The van der Waals surface area contributed by atoms with Gasteiger partial charge in [0, 0.05) is 24.0 Å². The smallest absolute Gasteiger partial charge is 0.124 e. The lowest BCUT2D eigenvalue weighted by Crippen LogP contribution is -2.53. The van der Waals surface area contributed by atoms with Gasteiger partial charge in [-0.25, -0.2) is 8.78 Å². The molecule has 0 N–H and O–H groups in total. The SMILES string of the molecule is CC(C)(F)C(c1cc(F)cc(C#N)c1)C1CN(C(c2ccc(Cl)cc2)c2cccc(C#N)c2)C1. The third kappa shape index (κ3) is 4.97. The second kappa shape index (κ2) is 9.55. The molecule has 1 fully saturated rings. The van der Waals surface area contributed by atoms with Crippen molar-refractivity contribution < 1.29 is 8.78 Å². The fourth-order valence-electron chi connectivity index (χ4n) is 5.09. The van der Waals surface area contributed by atoms with E-state index in [2.05, 4.69) is 11.0 Å². The average molecular weight is 476 g/mol. The van der Waals surface area contributed by atoms with Crippen molar-refractivity contribution in [2.45, 2.75) is 31.5 Å². The van der Waals surface area contributed by atoms with E-state index in [-0.39, 0.29) is 17.5 Å². The highest BCUT2D eigenvalue weighted by Crippen LogP contribution is 2.45. The van der Waals surface area contributed by atoms with Gasteiger partial charge in [0.05, 0.1) is 29.3 Å². The van der Waals surface area contributed by atoms with Crippen LogP contribution in [0, 0.1) is 34.4 Å². The molecule has 2 unspecified atom stereocenters. The average Bonchev–Trinajstić information content (AvgIpc) is 2.77. The molecule has 0 amide bonds. The lowest BCUT2D eigenvalue weighted by molar-refractivity contribution is 0.00812. The molecule has 0 saturated carbocycles. The second-order valence-electron chi connectivity index (χ2n) is 9.33. The van der Waals surface area contributed by atoms with Gasteiger partial charge in [-0.15, -0.1) is 0 Å². The van der Waals surface area contributed by atoms with E-state index in [4.69, 9.17) is 11.6 Å². The molecular weight excluding hydrogens is 452 g/mol. The lowest BCUT2D eigenvalue weighted by atomic mass is 9.72. The maximum absolute atomic E-state index is 15.4. The Morgan fingerprint density at radius 1 is 0.912 bits per heavy atom. The van der Waals surface area contributed by atoms with Crippen LogP contribution in [0.4, 0.5) is 8.78 Å². The molecule has 4 rings (SSSR count). The number of benzene rings is 3. The summed E-state index contributed by atoms with van der Waals surface area (Å²) in [5.41, 5.74) is 1.64. The molecule has 0 radical (unpaired) electrons. The van der Waals surface area contributed by atoms with E-state index in [9.17, 15) is 14.9 Å². The predicted octanol–water partition coefficient (Wildman–Crippen LogP) is 6.78. The zero-order valence-electron chi connectivity index (χ0n) is 19.0. The van der Waals surface area contributed by atoms with Crippen LogP contribution in [0.1, 0.15) is 53.6 Å². The van der Waals surface area contributed by atoms with Crippen LogP contribution < -0.4 is 0 Å². The zero-order chi connectivity index (χ0) is 24.5. The molecule has 172 valence electrons. The van der Waals surface area contributed by atoms with Crippen molar-refractivity contribution in [1.82, 2.24) is 4.90 Å². The van der Waals surface area contributed by atoms with Crippen LogP contribution in [-0.2, 0) is 0 Å². The first-order valence-electron chi connectivity index (χ1n) is 11.1. The molecule has 34 heavy (non-hydrogen) atoms. The minimum Gasteiger partial charge on any atom is -0.292 e. The quantitative estimate of drug-likeness (QED) is 0.395. The number of halogens is 3. The molecule has 6 heteroatoms. The summed E-state index contributed by atoms with van der Waals surface area (Å²) in [6, 6.07) is 23.2. The molecular formula is C28H24ClF2N3. The van der Waals surface area contributed by atoms with Gasteiger partial charge in [-0.1, -0.05) is 35.9 Å². The monoisotopic (exact) mass is 475 g/mol. The summed E-state index contributed by atoms with van der Waals surface area (Å²) in [5, 5.41) is 19.3. The Labute approximate surface area is 203 Å². The van der Waals surface area contributed by atoms with Crippen LogP contribution >= 0.6 is 11.6 Å². The highest BCUT2D eigenvalue weighted by atomic mass is 35.5. The summed E-state index contributed by atoms with van der Waals surface area (Å²) in [6.07, 6.45) is 0. The summed E-state index contributed by atoms with van der Waals surface area (Å²) in [6.45, 7) is 4.18. The first kappa shape index (κ1) is 23.9. The molecule has 3 aromatic carbocycles. The van der Waals surface area contributed by atoms with Crippen LogP contribution in [0.2, 0.25) is 5.02 Å². The lowest BCUT2D eigenvalue weighted by Gasteiger charge is -2.50. The largest absolute Gasteiger partial charge is 0.292 e. The highest BCUT2D eigenvalue weighted by Gasteiger charge is 2.45. The Morgan fingerprint density at radius 3 is 2.18 bits per heavy atom. The van der Waals surface area contributed by atoms with Gasteiger partial charge in [-0.05, 0) is 78.9 Å². The van der Waals surface area contributed by atoms with Gasteiger partial charge >= 0.3 is 0 Å². The molecule has 1 aliphatic heterocycles. The fraction of sp³-hybridized carbons (Fsp3) is 0.286. The Hall–Kier alpha value is -3.25. The van der Waals surface area contributed by atoms with Crippen molar-refractivity contribution in [3.63, 3.8) is 0 Å². The van der Waals surface area contributed by atoms with Gasteiger partial charge in [-0.3, -0.25) is 4.90 Å². The first-order chi connectivity index (χ1) is 16.2. The van der Waals surface area contributed by atoms with Gasteiger partial charge < -0.3 is 0 Å². The van der Waals surface area contributed by atoms with Crippen LogP contribution in [0.3, 0.4) is 0 Å². The van der Waals surface area contributed by atoms with Crippen LogP contribution in [0.5, 0.6) is 0 Å². The molecule has 1 aliphatic rings. The van der Waals surface area contributed by atoms with Crippen molar-refractivity contribution in [3.8, 4) is 12.1 Å². The fourth-order valence-corrected chi connectivity index (χ4v) is 5.22. The zero-order valence-corrected chi connectivity index (χ0v) is 19.7. The number of likely N-dealkylation sites (tertiary alicyclic amines) is 1. The Morgan fingerprint density at radius 2 is 1.56 bits per heavy atom. The van der Waals surface area contributed by atoms with E-state index >= 15 is 4.39 Å². The van der Waals surface area contributed by atoms with Crippen molar-refractivity contribution in [3.05, 3.63) is 105 Å². The number of hydrogen-bond donors (Lipinski definition) is 0. The molecule has 3 aromatic rings. The molecule has 0 aromatic heterocycles. The Kier molecular flexibility index (Phi) is 6.71. The van der Waals surface area contributed by atoms with Crippen molar-refractivity contribution in [2.24, 2.45) is 5.92 Å². The Bertz CT molecular complexity index is 1260. The Balaban J connectivity index is 1.66. The highest BCUT2D eigenvalue weighted by molar-refractivity contribution is 6.30. The number of rotatable bonds is 6. The van der Waals surface area contributed by atoms with E-state index in [0.29, 0.717) is 29.2 Å². The van der Waals surface area contributed by atoms with Gasteiger partial charge in [0.25, 0.3) is 0 Å². The normalized spacial score (nSPS) is 16.2. The second-order valence-corrected chi connectivity index (χ2v) is 9.77. The maximum Gasteiger partial charge on any atom is 0.124 e. The summed E-state index contributed by atoms with van der Waals surface area (Å²) in [4.78, 5) is 2.23. The summed E-state index contributed by atoms with van der Waals surface area (Å²) in [7, 11) is 0. The summed E-state index contributed by atoms with van der Waals surface area (Å²) < 4.78 is 29.6. The van der Waals surface area contributed by atoms with Crippen LogP contribution in [0.15, 0.2) is 66.7 Å². The molecule has 0 bridgehead atoms. The molecule has 1 saturated heterocycles. The predicted molar refractivity (Wildman–Crippen MR) is 129 cm³/mol. The van der Waals surface area contributed by atoms with E-state index in [1.54, 1.807) is 12.1 Å².